The third kappa shape index (κ3) is 2.90. The van der Waals surface area contributed by atoms with E-state index in [2.05, 4.69) is 55.9 Å². The summed E-state index contributed by atoms with van der Waals surface area (Å²) in [6.07, 6.45) is 4.70. The average Bonchev–Trinajstić information content (AvgIpc) is 2.66. The molecule has 2 heterocycles. The summed E-state index contributed by atoms with van der Waals surface area (Å²) >= 11 is 0. The molecule has 0 saturated heterocycles. The van der Waals surface area contributed by atoms with E-state index in [1.807, 2.05) is 0 Å². The van der Waals surface area contributed by atoms with Gasteiger partial charge in [-0.3, -0.25) is 0 Å². The number of benzene rings is 1. The van der Waals surface area contributed by atoms with Crippen molar-refractivity contribution in [2.45, 2.75) is 53.4 Å². The van der Waals surface area contributed by atoms with E-state index in [0.717, 1.165) is 19.4 Å². The molecule has 0 saturated carbocycles. The van der Waals surface area contributed by atoms with Crippen LogP contribution in [-0.4, -0.2) is 16.3 Å². The summed E-state index contributed by atoms with van der Waals surface area (Å²) in [7, 11) is 0. The van der Waals surface area contributed by atoms with Gasteiger partial charge in [0.25, 0.3) is 0 Å². The van der Waals surface area contributed by atoms with Crippen molar-refractivity contribution in [1.29, 1.82) is 0 Å². The van der Waals surface area contributed by atoms with Crippen LogP contribution in [0, 0.1) is 19.8 Å². The largest absolute Gasteiger partial charge is 0.370 e. The van der Waals surface area contributed by atoms with Crippen molar-refractivity contribution < 1.29 is 0 Å². The second kappa shape index (κ2) is 6.15. The van der Waals surface area contributed by atoms with E-state index < -0.39 is 0 Å². The molecule has 0 unspecified atom stereocenters. The first-order valence-electron chi connectivity index (χ1n) is 8.48. The number of anilines is 1. The van der Waals surface area contributed by atoms with Gasteiger partial charge < -0.3 is 5.32 Å². The number of hydrogen-bond acceptors (Lipinski definition) is 2. The van der Waals surface area contributed by atoms with Gasteiger partial charge in [0.1, 0.15) is 5.82 Å². The molecule has 2 aromatic rings. The van der Waals surface area contributed by atoms with Crippen LogP contribution >= 0.6 is 0 Å². The van der Waals surface area contributed by atoms with Crippen LogP contribution in [0.3, 0.4) is 0 Å². The molecule has 0 aliphatic carbocycles. The Morgan fingerprint density at radius 3 is 2.73 bits per heavy atom. The van der Waals surface area contributed by atoms with Gasteiger partial charge in [0, 0.05) is 12.1 Å². The molecule has 3 rings (SSSR count). The first kappa shape index (κ1) is 15.1. The summed E-state index contributed by atoms with van der Waals surface area (Å²) in [4.78, 5) is 0. The Morgan fingerprint density at radius 2 is 2.00 bits per heavy atom. The van der Waals surface area contributed by atoms with E-state index in [1.54, 1.807) is 0 Å². The smallest absolute Gasteiger partial charge is 0.133 e. The summed E-state index contributed by atoms with van der Waals surface area (Å²) in [6, 6.07) is 6.62. The molecule has 3 heteroatoms. The SMILES string of the molecule is Cc1ccc(-n2nc(CC(C)C)c3c2NCCCC3)cc1C. The first-order valence-corrected chi connectivity index (χ1v) is 8.48. The zero-order valence-electron chi connectivity index (χ0n) is 14.2. The van der Waals surface area contributed by atoms with Gasteiger partial charge in [0.05, 0.1) is 11.4 Å². The number of nitrogens with zero attached hydrogens (tertiary/aromatic N) is 2. The summed E-state index contributed by atoms with van der Waals surface area (Å²) in [5.41, 5.74) is 6.53. The molecule has 1 aromatic carbocycles. The molecule has 0 radical (unpaired) electrons. The molecular weight excluding hydrogens is 270 g/mol. The normalized spacial score (nSPS) is 14.6. The fourth-order valence-electron chi connectivity index (χ4n) is 3.17. The third-order valence-corrected chi connectivity index (χ3v) is 4.55. The molecular formula is C19H27N3. The second-order valence-electron chi connectivity index (χ2n) is 6.94. The summed E-state index contributed by atoms with van der Waals surface area (Å²) in [5, 5.41) is 8.59. The van der Waals surface area contributed by atoms with Gasteiger partial charge in [-0.05, 0) is 68.7 Å². The van der Waals surface area contributed by atoms with Crippen LogP contribution in [0.4, 0.5) is 5.82 Å². The number of rotatable bonds is 3. The molecule has 1 aliphatic rings. The molecule has 3 nitrogen and oxygen atoms in total. The van der Waals surface area contributed by atoms with Crippen LogP contribution in [0.25, 0.3) is 5.69 Å². The zero-order valence-corrected chi connectivity index (χ0v) is 14.2. The Balaban J connectivity index is 2.10. The Bertz CT molecular complexity index is 668. The zero-order chi connectivity index (χ0) is 15.7. The van der Waals surface area contributed by atoms with Crippen molar-refractivity contribution in [1.82, 2.24) is 9.78 Å². The number of nitrogens with one attached hydrogen (secondary N) is 1. The van der Waals surface area contributed by atoms with Crippen LogP contribution in [0.15, 0.2) is 18.2 Å². The highest BCUT2D eigenvalue weighted by Crippen LogP contribution is 2.29. The van der Waals surface area contributed by atoms with Gasteiger partial charge >= 0.3 is 0 Å². The minimum atomic E-state index is 0.635. The number of aryl methyl sites for hydroxylation is 2. The second-order valence-corrected chi connectivity index (χ2v) is 6.94. The highest BCUT2D eigenvalue weighted by molar-refractivity contribution is 5.55. The minimum absolute atomic E-state index is 0.635. The van der Waals surface area contributed by atoms with Crippen molar-refractivity contribution in [3.63, 3.8) is 0 Å². The van der Waals surface area contributed by atoms with Gasteiger partial charge in [-0.15, -0.1) is 0 Å². The Labute approximate surface area is 133 Å². The predicted octanol–water partition coefficient (Wildman–Crippen LogP) is 4.44. The van der Waals surface area contributed by atoms with E-state index in [0.29, 0.717) is 5.92 Å². The molecule has 1 aliphatic heterocycles. The number of hydrogen-bond donors (Lipinski definition) is 1. The highest BCUT2D eigenvalue weighted by atomic mass is 15.3. The molecule has 0 atom stereocenters. The minimum Gasteiger partial charge on any atom is -0.370 e. The standard InChI is InChI=1S/C19H27N3/c1-13(2)11-18-17-7-5-6-10-20-19(17)22(21-18)16-9-8-14(3)15(4)12-16/h8-9,12-13,20H,5-7,10-11H2,1-4H3. The Hall–Kier alpha value is -1.77. The predicted molar refractivity (Wildman–Crippen MR) is 93.0 cm³/mol. The molecule has 0 amide bonds. The number of aromatic nitrogens is 2. The lowest BCUT2D eigenvalue weighted by Gasteiger charge is -2.11. The Kier molecular flexibility index (Phi) is 4.23. The van der Waals surface area contributed by atoms with Gasteiger partial charge in [0.2, 0.25) is 0 Å². The maximum Gasteiger partial charge on any atom is 0.133 e. The highest BCUT2D eigenvalue weighted by Gasteiger charge is 2.21. The fourth-order valence-corrected chi connectivity index (χ4v) is 3.17. The Morgan fingerprint density at radius 1 is 1.18 bits per heavy atom. The quantitative estimate of drug-likeness (QED) is 0.908. The van der Waals surface area contributed by atoms with Crippen LogP contribution in [-0.2, 0) is 12.8 Å². The monoisotopic (exact) mass is 297 g/mol. The van der Waals surface area contributed by atoms with Gasteiger partial charge in [-0.25, -0.2) is 4.68 Å². The topological polar surface area (TPSA) is 29.9 Å². The van der Waals surface area contributed by atoms with Crippen molar-refractivity contribution in [3.8, 4) is 5.69 Å². The summed E-state index contributed by atoms with van der Waals surface area (Å²) in [6.45, 7) is 9.91. The molecule has 118 valence electrons. The maximum absolute atomic E-state index is 4.97. The molecule has 22 heavy (non-hydrogen) atoms. The van der Waals surface area contributed by atoms with Gasteiger partial charge in [0.15, 0.2) is 0 Å². The fraction of sp³-hybridized carbons (Fsp3) is 0.526. The van der Waals surface area contributed by atoms with E-state index >= 15 is 0 Å². The van der Waals surface area contributed by atoms with E-state index in [4.69, 9.17) is 5.10 Å². The van der Waals surface area contributed by atoms with Crippen molar-refractivity contribution in [3.05, 3.63) is 40.6 Å². The van der Waals surface area contributed by atoms with Crippen molar-refractivity contribution in [2.24, 2.45) is 5.92 Å². The molecule has 0 bridgehead atoms. The lowest BCUT2D eigenvalue weighted by Crippen LogP contribution is -2.07. The lowest BCUT2D eigenvalue weighted by molar-refractivity contribution is 0.622. The summed E-state index contributed by atoms with van der Waals surface area (Å²) < 4.78 is 2.13. The van der Waals surface area contributed by atoms with Crippen LogP contribution < -0.4 is 5.32 Å². The number of fused-ring (bicyclic) bond motifs is 1. The maximum atomic E-state index is 4.97. The van der Waals surface area contributed by atoms with Crippen molar-refractivity contribution in [2.75, 3.05) is 11.9 Å². The van der Waals surface area contributed by atoms with Crippen molar-refractivity contribution >= 4 is 5.82 Å². The molecule has 1 N–H and O–H groups in total. The van der Waals surface area contributed by atoms with Crippen LogP contribution in [0.5, 0.6) is 0 Å². The van der Waals surface area contributed by atoms with E-state index in [1.165, 1.54) is 46.7 Å². The molecule has 0 spiro atoms. The van der Waals surface area contributed by atoms with Gasteiger partial charge in [-0.1, -0.05) is 19.9 Å². The van der Waals surface area contributed by atoms with E-state index in [9.17, 15) is 0 Å². The average molecular weight is 297 g/mol. The first-order chi connectivity index (χ1) is 10.6. The van der Waals surface area contributed by atoms with Gasteiger partial charge in [-0.2, -0.15) is 5.10 Å². The van der Waals surface area contributed by atoms with Crippen LogP contribution in [0.2, 0.25) is 0 Å². The summed E-state index contributed by atoms with van der Waals surface area (Å²) in [5.74, 6) is 1.85. The van der Waals surface area contributed by atoms with Crippen LogP contribution in [0.1, 0.15) is 49.1 Å². The molecule has 0 fully saturated rings. The third-order valence-electron chi connectivity index (χ3n) is 4.55. The molecule has 1 aromatic heterocycles. The van der Waals surface area contributed by atoms with E-state index in [-0.39, 0.29) is 0 Å². The lowest BCUT2D eigenvalue weighted by atomic mass is 10.0.